The molecule has 0 radical (unpaired) electrons. The third kappa shape index (κ3) is 11.9. The Morgan fingerprint density at radius 3 is 2.41 bits per heavy atom. The average molecular weight is 690 g/mol. The lowest BCUT2D eigenvalue weighted by molar-refractivity contribution is -0.206. The highest BCUT2D eigenvalue weighted by molar-refractivity contribution is 5.90. The van der Waals surface area contributed by atoms with Crippen LogP contribution in [0.15, 0.2) is 53.3 Å². The molecule has 15 heteroatoms. The second-order valence-electron chi connectivity index (χ2n) is 12.0. The van der Waals surface area contributed by atoms with Gasteiger partial charge in [0.15, 0.2) is 0 Å². The summed E-state index contributed by atoms with van der Waals surface area (Å²) in [5, 5.41) is 30.2. The molecule has 0 bridgehead atoms. The van der Waals surface area contributed by atoms with Crippen molar-refractivity contribution in [1.29, 1.82) is 0 Å². The minimum atomic E-state index is -5.00. The predicted molar refractivity (Wildman–Crippen MR) is 176 cm³/mol. The molecule has 266 valence electrons. The Morgan fingerprint density at radius 2 is 1.69 bits per heavy atom. The van der Waals surface area contributed by atoms with Crippen LogP contribution < -0.4 is 21.5 Å². The fourth-order valence-corrected chi connectivity index (χ4v) is 5.57. The highest BCUT2D eigenvalue weighted by atomic mass is 19.4. The second-order valence-corrected chi connectivity index (χ2v) is 12.0. The van der Waals surface area contributed by atoms with Gasteiger partial charge in [0, 0.05) is 69.3 Å². The van der Waals surface area contributed by atoms with Crippen molar-refractivity contribution in [3.63, 3.8) is 0 Å². The smallest absolute Gasteiger partial charge is 0.490 e. The number of aromatic hydroxyl groups is 1. The maximum absolute atomic E-state index is 12.4. The number of hydrogen-bond acceptors (Lipinski definition) is 9. The van der Waals surface area contributed by atoms with Crippen LogP contribution >= 0.6 is 0 Å². The number of ether oxygens (including phenoxy) is 1. The summed E-state index contributed by atoms with van der Waals surface area (Å²) in [5.74, 6) is -2.47. The van der Waals surface area contributed by atoms with Crippen molar-refractivity contribution in [2.45, 2.75) is 69.9 Å². The SMILES string of the molecule is O=C(CCN1CCC(OC(=O)C(F)(F)F)CC1)NCCCCCC(=O)Nc1ccc(CNC[C@H](O)c2ccc(O)c3[nH]c(=O)ccc23)cc1. The number of unbranched alkanes of at least 4 members (excludes halogenated alkanes) is 2. The molecule has 0 spiro atoms. The number of benzene rings is 2. The highest BCUT2D eigenvalue weighted by Gasteiger charge is 2.42. The second kappa shape index (κ2) is 17.8. The largest absolute Gasteiger partial charge is 0.506 e. The number of nitrogens with one attached hydrogen (secondary N) is 4. The van der Waals surface area contributed by atoms with Crippen LogP contribution in [0.1, 0.15) is 62.2 Å². The molecule has 0 aliphatic carbocycles. The van der Waals surface area contributed by atoms with Crippen LogP contribution in [0.5, 0.6) is 5.75 Å². The number of aromatic amines is 1. The minimum absolute atomic E-state index is 0.0709. The number of hydrogen-bond donors (Lipinski definition) is 6. The van der Waals surface area contributed by atoms with Gasteiger partial charge in [0.1, 0.15) is 11.9 Å². The summed E-state index contributed by atoms with van der Waals surface area (Å²) in [6, 6.07) is 13.3. The van der Waals surface area contributed by atoms with E-state index in [-0.39, 0.29) is 41.6 Å². The standard InChI is InChI=1S/C34H42F3N5O7/c35-34(36,37)33(48)49-24-13-17-42(18-14-24)19-15-29(45)39-16-3-1-2-4-30(46)40-23-7-5-22(6-8-23)20-38-21-28(44)25-9-11-27(43)32-26(25)10-12-31(47)41-32/h5-12,24,28,38,43-44H,1-4,13-21H2,(H,39,45)(H,40,46)(H,41,47)/t28-/m0/s1. The molecule has 0 saturated carbocycles. The number of piperidine rings is 1. The first-order chi connectivity index (χ1) is 23.4. The van der Waals surface area contributed by atoms with Crippen LogP contribution in [0.25, 0.3) is 10.9 Å². The Labute approximate surface area is 281 Å². The Morgan fingerprint density at radius 1 is 0.959 bits per heavy atom. The molecule has 2 amide bonds. The molecule has 1 saturated heterocycles. The Kier molecular flexibility index (Phi) is 13.6. The molecule has 1 aliphatic heterocycles. The topological polar surface area (TPSA) is 173 Å². The van der Waals surface area contributed by atoms with E-state index in [1.165, 1.54) is 12.1 Å². The molecule has 12 nitrogen and oxygen atoms in total. The molecule has 1 aliphatic rings. The van der Waals surface area contributed by atoms with E-state index in [1.54, 1.807) is 24.3 Å². The lowest BCUT2D eigenvalue weighted by Crippen LogP contribution is -2.41. The number of likely N-dealkylation sites (tertiary alicyclic amines) is 1. The Balaban J connectivity index is 1.03. The zero-order chi connectivity index (χ0) is 35.4. The highest BCUT2D eigenvalue weighted by Crippen LogP contribution is 2.28. The summed E-state index contributed by atoms with van der Waals surface area (Å²) >= 11 is 0. The first kappa shape index (κ1) is 37.4. The van der Waals surface area contributed by atoms with Crippen LogP contribution in [0.4, 0.5) is 18.9 Å². The van der Waals surface area contributed by atoms with Crippen LogP contribution in [0.3, 0.4) is 0 Å². The van der Waals surface area contributed by atoms with E-state index in [0.717, 1.165) is 12.0 Å². The average Bonchev–Trinajstić information content (AvgIpc) is 3.06. The number of rotatable bonds is 16. The zero-order valence-electron chi connectivity index (χ0n) is 27.0. The molecule has 2 heterocycles. The molecular formula is C34H42F3N5O7. The summed E-state index contributed by atoms with van der Waals surface area (Å²) < 4.78 is 41.5. The summed E-state index contributed by atoms with van der Waals surface area (Å²) in [6.07, 6.45) is -3.32. The van der Waals surface area contributed by atoms with E-state index >= 15 is 0 Å². The summed E-state index contributed by atoms with van der Waals surface area (Å²) in [4.78, 5) is 51.7. The van der Waals surface area contributed by atoms with Gasteiger partial charge in [0.2, 0.25) is 17.4 Å². The number of halogens is 3. The number of nitrogens with zero attached hydrogens (tertiary/aromatic N) is 1. The molecule has 1 atom stereocenters. The Hall–Kier alpha value is -4.47. The van der Waals surface area contributed by atoms with Gasteiger partial charge in [0.05, 0.1) is 11.6 Å². The van der Waals surface area contributed by atoms with Gasteiger partial charge in [-0.2, -0.15) is 13.2 Å². The van der Waals surface area contributed by atoms with Crippen molar-refractivity contribution in [3.8, 4) is 5.75 Å². The quantitative estimate of drug-likeness (QED) is 0.0970. The van der Waals surface area contributed by atoms with Gasteiger partial charge in [-0.15, -0.1) is 0 Å². The first-order valence-electron chi connectivity index (χ1n) is 16.3. The third-order valence-corrected chi connectivity index (χ3v) is 8.27. The van der Waals surface area contributed by atoms with Crippen molar-refractivity contribution < 1.29 is 42.5 Å². The predicted octanol–water partition coefficient (Wildman–Crippen LogP) is 3.63. The number of carbonyl (C=O) groups is 3. The number of pyridine rings is 1. The monoisotopic (exact) mass is 689 g/mol. The van der Waals surface area contributed by atoms with Crippen LogP contribution in [-0.4, -0.2) is 82.9 Å². The van der Waals surface area contributed by atoms with Gasteiger partial charge in [-0.1, -0.05) is 24.6 Å². The lowest BCUT2D eigenvalue weighted by Gasteiger charge is -2.31. The van der Waals surface area contributed by atoms with Crippen molar-refractivity contribution in [2.24, 2.45) is 0 Å². The number of alkyl halides is 3. The molecule has 4 rings (SSSR count). The fourth-order valence-electron chi connectivity index (χ4n) is 5.57. The zero-order valence-corrected chi connectivity index (χ0v) is 27.0. The minimum Gasteiger partial charge on any atom is -0.506 e. The number of aromatic nitrogens is 1. The normalized spacial score (nSPS) is 14.8. The number of amides is 2. The summed E-state index contributed by atoms with van der Waals surface area (Å²) in [7, 11) is 0. The van der Waals surface area contributed by atoms with Gasteiger partial charge < -0.3 is 40.8 Å². The number of aliphatic hydroxyl groups is 1. The van der Waals surface area contributed by atoms with Gasteiger partial charge in [-0.3, -0.25) is 14.4 Å². The van der Waals surface area contributed by atoms with Gasteiger partial charge in [-0.25, -0.2) is 4.79 Å². The molecule has 1 fully saturated rings. The first-order valence-corrected chi connectivity index (χ1v) is 16.3. The molecule has 1 aromatic heterocycles. The maximum atomic E-state index is 12.4. The van der Waals surface area contributed by atoms with Gasteiger partial charge >= 0.3 is 12.1 Å². The number of esters is 1. The lowest BCUT2D eigenvalue weighted by atomic mass is 10.0. The molecule has 0 unspecified atom stereocenters. The number of carbonyl (C=O) groups excluding carboxylic acids is 3. The van der Waals surface area contributed by atoms with Crippen molar-refractivity contribution in [3.05, 3.63) is 70.0 Å². The van der Waals surface area contributed by atoms with Gasteiger partial charge in [-0.05, 0) is 61.1 Å². The van der Waals surface area contributed by atoms with Crippen LogP contribution in [0.2, 0.25) is 0 Å². The molecule has 2 aromatic carbocycles. The van der Waals surface area contributed by atoms with Crippen molar-refractivity contribution in [2.75, 3.05) is 38.0 Å². The number of H-pyrrole nitrogens is 1. The number of phenolic OH excluding ortho intramolecular Hbond substituents is 1. The van der Waals surface area contributed by atoms with Crippen LogP contribution in [-0.2, 0) is 25.7 Å². The number of fused-ring (bicyclic) bond motifs is 1. The van der Waals surface area contributed by atoms with E-state index in [9.17, 15) is 42.6 Å². The van der Waals surface area contributed by atoms with E-state index in [4.69, 9.17) is 0 Å². The Bertz CT molecular complexity index is 1620. The molecule has 6 N–H and O–H groups in total. The molecular weight excluding hydrogens is 647 g/mol. The molecule has 3 aromatic rings. The number of phenols is 1. The third-order valence-electron chi connectivity index (χ3n) is 8.27. The number of anilines is 1. The van der Waals surface area contributed by atoms with Gasteiger partial charge in [0.25, 0.3) is 0 Å². The van der Waals surface area contributed by atoms with E-state index in [2.05, 4.69) is 25.7 Å². The fraction of sp³-hybridized carbons (Fsp3) is 0.471. The maximum Gasteiger partial charge on any atom is 0.490 e. The molecule has 49 heavy (non-hydrogen) atoms. The number of aliphatic hydroxyl groups excluding tert-OH is 1. The van der Waals surface area contributed by atoms with Crippen molar-refractivity contribution in [1.82, 2.24) is 20.5 Å². The van der Waals surface area contributed by atoms with Crippen molar-refractivity contribution >= 4 is 34.4 Å². The van der Waals surface area contributed by atoms with E-state index in [0.29, 0.717) is 81.5 Å². The summed E-state index contributed by atoms with van der Waals surface area (Å²) in [6.45, 7) is 2.56. The van der Waals surface area contributed by atoms with E-state index < -0.39 is 24.4 Å². The summed E-state index contributed by atoms with van der Waals surface area (Å²) in [5.41, 5.74) is 2.12. The van der Waals surface area contributed by atoms with Crippen LogP contribution in [0, 0.1) is 0 Å². The van der Waals surface area contributed by atoms with E-state index in [1.807, 2.05) is 17.0 Å².